The van der Waals surface area contributed by atoms with Crippen molar-refractivity contribution in [2.45, 2.75) is 111 Å². The molecule has 0 aliphatic carbocycles. The molecule has 0 saturated heterocycles. The van der Waals surface area contributed by atoms with Crippen LogP contribution in [0.4, 0.5) is 0 Å². The minimum atomic E-state index is -0.0246. The number of aryl methyl sites for hydroxylation is 2. The Balaban J connectivity index is 2.16. The summed E-state index contributed by atoms with van der Waals surface area (Å²) in [6.45, 7) is 24.1. The van der Waals surface area contributed by atoms with Crippen molar-refractivity contribution in [2.24, 2.45) is 11.5 Å². The molecule has 0 aliphatic heterocycles. The largest absolute Gasteiger partial charge is 0.324 e. The summed E-state index contributed by atoms with van der Waals surface area (Å²) in [4.78, 5) is 0. The SMILES string of the molecule is Cc1cc(C(C)C)c(C(N)CCNCC(N)c2c(C(C)C)cc(C)cc2C(C)C)c(C(C)C)c1. The molecule has 190 valence electrons. The summed E-state index contributed by atoms with van der Waals surface area (Å²) < 4.78 is 0. The highest BCUT2D eigenvalue weighted by Gasteiger charge is 2.22. The van der Waals surface area contributed by atoms with E-state index in [0.29, 0.717) is 23.7 Å². The Hall–Kier alpha value is -1.68. The third-order valence-corrected chi connectivity index (χ3v) is 7.00. The van der Waals surface area contributed by atoms with Gasteiger partial charge < -0.3 is 16.8 Å². The second-order valence-corrected chi connectivity index (χ2v) is 11.5. The topological polar surface area (TPSA) is 64.1 Å². The Labute approximate surface area is 210 Å². The van der Waals surface area contributed by atoms with E-state index in [2.05, 4.69) is 98.8 Å². The highest BCUT2D eigenvalue weighted by Crippen LogP contribution is 2.35. The fourth-order valence-electron chi connectivity index (χ4n) is 5.24. The van der Waals surface area contributed by atoms with Crippen LogP contribution in [0.3, 0.4) is 0 Å². The molecule has 0 aromatic heterocycles. The van der Waals surface area contributed by atoms with Gasteiger partial charge in [0.15, 0.2) is 0 Å². The van der Waals surface area contributed by atoms with Gasteiger partial charge in [-0.2, -0.15) is 0 Å². The van der Waals surface area contributed by atoms with E-state index < -0.39 is 0 Å². The van der Waals surface area contributed by atoms with Crippen LogP contribution in [0, 0.1) is 13.8 Å². The molecule has 3 heteroatoms. The molecular weight excluding hydrogens is 414 g/mol. The van der Waals surface area contributed by atoms with Gasteiger partial charge in [0.25, 0.3) is 0 Å². The quantitative estimate of drug-likeness (QED) is 0.301. The smallest absolute Gasteiger partial charge is 0.0427 e. The lowest BCUT2D eigenvalue weighted by Crippen LogP contribution is -2.31. The standard InChI is InChI=1S/C31H51N3/c1-18(2)24-13-22(9)14-25(19(3)4)30(24)28(32)11-12-34-17-29(33)31-26(20(5)6)15-23(10)16-27(31)21(7)8/h13-16,18-21,28-29,34H,11-12,17,32-33H2,1-10H3. The summed E-state index contributed by atoms with van der Waals surface area (Å²) in [5.41, 5.74) is 24.5. The fourth-order valence-corrected chi connectivity index (χ4v) is 5.24. The second-order valence-electron chi connectivity index (χ2n) is 11.5. The monoisotopic (exact) mass is 465 g/mol. The normalized spacial score (nSPS) is 14.0. The van der Waals surface area contributed by atoms with Crippen LogP contribution in [0.25, 0.3) is 0 Å². The third kappa shape index (κ3) is 6.93. The minimum absolute atomic E-state index is 0.0240. The van der Waals surface area contributed by atoms with E-state index in [0.717, 1.165) is 19.5 Å². The second kappa shape index (κ2) is 12.3. The minimum Gasteiger partial charge on any atom is -0.324 e. The number of nitrogens with one attached hydrogen (secondary N) is 1. The van der Waals surface area contributed by atoms with Gasteiger partial charge >= 0.3 is 0 Å². The first-order chi connectivity index (χ1) is 15.8. The van der Waals surface area contributed by atoms with Gasteiger partial charge in [0.1, 0.15) is 0 Å². The molecule has 2 rings (SSSR count). The van der Waals surface area contributed by atoms with Crippen LogP contribution in [0.5, 0.6) is 0 Å². The van der Waals surface area contributed by atoms with E-state index in [1.165, 1.54) is 44.5 Å². The zero-order chi connectivity index (χ0) is 25.7. The van der Waals surface area contributed by atoms with Crippen LogP contribution in [0.2, 0.25) is 0 Å². The predicted octanol–water partition coefficient (Wildman–Crippen LogP) is 7.48. The molecule has 34 heavy (non-hydrogen) atoms. The van der Waals surface area contributed by atoms with E-state index >= 15 is 0 Å². The Morgan fingerprint density at radius 3 is 1.24 bits per heavy atom. The van der Waals surface area contributed by atoms with Crippen molar-refractivity contribution in [3.05, 3.63) is 68.8 Å². The molecule has 2 aromatic carbocycles. The zero-order valence-corrected chi connectivity index (χ0v) is 23.5. The fraction of sp³-hybridized carbons (Fsp3) is 0.613. The summed E-state index contributed by atoms with van der Waals surface area (Å²) in [7, 11) is 0. The number of benzene rings is 2. The average molecular weight is 466 g/mol. The summed E-state index contributed by atoms with van der Waals surface area (Å²) in [5.74, 6) is 1.84. The van der Waals surface area contributed by atoms with E-state index in [4.69, 9.17) is 11.5 Å². The molecule has 0 saturated carbocycles. The molecule has 0 radical (unpaired) electrons. The van der Waals surface area contributed by atoms with Crippen LogP contribution >= 0.6 is 0 Å². The van der Waals surface area contributed by atoms with Crippen LogP contribution in [0.1, 0.15) is 142 Å². The summed E-state index contributed by atoms with van der Waals surface area (Å²) in [5, 5.41) is 3.63. The van der Waals surface area contributed by atoms with Gasteiger partial charge in [0, 0.05) is 18.6 Å². The maximum absolute atomic E-state index is 6.82. The van der Waals surface area contributed by atoms with Gasteiger partial charge in [0.2, 0.25) is 0 Å². The van der Waals surface area contributed by atoms with Crippen LogP contribution in [0.15, 0.2) is 24.3 Å². The molecule has 3 nitrogen and oxygen atoms in total. The molecule has 5 N–H and O–H groups in total. The highest BCUT2D eigenvalue weighted by molar-refractivity contribution is 5.45. The van der Waals surface area contributed by atoms with Crippen molar-refractivity contribution in [2.75, 3.05) is 13.1 Å². The van der Waals surface area contributed by atoms with E-state index in [-0.39, 0.29) is 12.1 Å². The van der Waals surface area contributed by atoms with Crippen LogP contribution in [-0.2, 0) is 0 Å². The van der Waals surface area contributed by atoms with E-state index in [1.807, 2.05) is 0 Å². The molecule has 0 heterocycles. The Bertz CT molecular complexity index is 804. The first-order valence-electron chi connectivity index (χ1n) is 13.4. The molecule has 0 fully saturated rings. The average Bonchev–Trinajstić information content (AvgIpc) is 2.74. The van der Waals surface area contributed by atoms with Gasteiger partial charge in [-0.05, 0) is 83.9 Å². The summed E-state index contributed by atoms with van der Waals surface area (Å²) >= 11 is 0. The first-order valence-corrected chi connectivity index (χ1v) is 13.4. The van der Waals surface area contributed by atoms with Gasteiger partial charge in [-0.3, -0.25) is 0 Å². The first kappa shape index (κ1) is 28.6. The van der Waals surface area contributed by atoms with Crippen molar-refractivity contribution in [1.29, 1.82) is 0 Å². The van der Waals surface area contributed by atoms with Crippen molar-refractivity contribution in [3.8, 4) is 0 Å². The summed E-state index contributed by atoms with van der Waals surface area (Å²) in [6.07, 6.45) is 0.900. The molecule has 0 amide bonds. The molecule has 0 bridgehead atoms. The lowest BCUT2D eigenvalue weighted by atomic mass is 9.83. The van der Waals surface area contributed by atoms with Crippen LogP contribution in [-0.4, -0.2) is 13.1 Å². The predicted molar refractivity (Wildman–Crippen MR) is 150 cm³/mol. The zero-order valence-electron chi connectivity index (χ0n) is 23.5. The highest BCUT2D eigenvalue weighted by atomic mass is 14.9. The maximum atomic E-state index is 6.82. The lowest BCUT2D eigenvalue weighted by molar-refractivity contribution is 0.534. The Kier molecular flexibility index (Phi) is 10.4. The van der Waals surface area contributed by atoms with E-state index in [9.17, 15) is 0 Å². The number of rotatable bonds is 11. The molecular formula is C31H51N3. The Morgan fingerprint density at radius 2 is 0.912 bits per heavy atom. The van der Waals surface area contributed by atoms with Crippen molar-refractivity contribution in [3.63, 3.8) is 0 Å². The summed E-state index contributed by atoms with van der Waals surface area (Å²) in [6, 6.07) is 9.29. The van der Waals surface area contributed by atoms with Gasteiger partial charge in [-0.25, -0.2) is 0 Å². The number of hydrogen-bond donors (Lipinski definition) is 3. The van der Waals surface area contributed by atoms with Crippen LogP contribution < -0.4 is 16.8 Å². The molecule has 2 atom stereocenters. The molecule has 0 aliphatic rings. The third-order valence-electron chi connectivity index (χ3n) is 7.00. The van der Waals surface area contributed by atoms with Crippen molar-refractivity contribution >= 4 is 0 Å². The Morgan fingerprint density at radius 1 is 0.588 bits per heavy atom. The number of nitrogens with two attached hydrogens (primary N) is 2. The van der Waals surface area contributed by atoms with Crippen molar-refractivity contribution in [1.82, 2.24) is 5.32 Å². The molecule has 2 unspecified atom stereocenters. The lowest BCUT2D eigenvalue weighted by Gasteiger charge is -2.27. The molecule has 2 aromatic rings. The maximum Gasteiger partial charge on any atom is 0.0427 e. The number of hydrogen-bond acceptors (Lipinski definition) is 3. The van der Waals surface area contributed by atoms with E-state index in [1.54, 1.807) is 0 Å². The van der Waals surface area contributed by atoms with Gasteiger partial charge in [-0.1, -0.05) is 90.8 Å². The molecule has 0 spiro atoms. The van der Waals surface area contributed by atoms with Crippen molar-refractivity contribution < 1.29 is 0 Å². The van der Waals surface area contributed by atoms with Gasteiger partial charge in [-0.15, -0.1) is 0 Å². The van der Waals surface area contributed by atoms with Gasteiger partial charge in [0.05, 0.1) is 0 Å².